The average Bonchev–Trinajstić information content (AvgIpc) is 2.45. The molecule has 0 heterocycles. The third-order valence-electron chi connectivity index (χ3n) is 4.61. The number of hydrogen-bond donors (Lipinski definition) is 2. The number of carboxylic acids is 1. The Bertz CT molecular complexity index is 396. The van der Waals surface area contributed by atoms with Crippen molar-refractivity contribution in [3.8, 4) is 0 Å². The summed E-state index contributed by atoms with van der Waals surface area (Å²) in [6.07, 6.45) is 3.17. The second-order valence-electron chi connectivity index (χ2n) is 6.39. The molecule has 6 nitrogen and oxygen atoms in total. The third kappa shape index (κ3) is 3.79. The lowest BCUT2D eigenvalue weighted by Gasteiger charge is -2.58. The molecule has 1 amide bonds. The van der Waals surface area contributed by atoms with Gasteiger partial charge in [0.15, 0.2) is 0 Å². The fourth-order valence-corrected chi connectivity index (χ4v) is 2.93. The summed E-state index contributed by atoms with van der Waals surface area (Å²) < 4.78 is 10.9. The van der Waals surface area contributed by atoms with Crippen molar-refractivity contribution in [2.45, 2.75) is 65.0 Å². The average molecular weight is 315 g/mol. The highest BCUT2D eigenvalue weighted by atomic mass is 16.5. The van der Waals surface area contributed by atoms with Gasteiger partial charge in [-0.2, -0.15) is 0 Å². The summed E-state index contributed by atoms with van der Waals surface area (Å²) in [7, 11) is 0. The van der Waals surface area contributed by atoms with Crippen molar-refractivity contribution in [1.82, 2.24) is 5.32 Å². The first-order chi connectivity index (χ1) is 10.3. The van der Waals surface area contributed by atoms with Crippen molar-refractivity contribution in [2.75, 3.05) is 19.8 Å². The van der Waals surface area contributed by atoms with Gasteiger partial charge in [-0.15, -0.1) is 0 Å². The molecule has 2 atom stereocenters. The molecule has 0 saturated heterocycles. The van der Waals surface area contributed by atoms with Crippen LogP contribution in [0.25, 0.3) is 0 Å². The predicted molar refractivity (Wildman–Crippen MR) is 82.7 cm³/mol. The molecule has 0 spiro atoms. The Hall–Kier alpha value is -1.14. The first kappa shape index (κ1) is 18.9. The molecule has 2 unspecified atom stereocenters. The second-order valence-corrected chi connectivity index (χ2v) is 6.39. The van der Waals surface area contributed by atoms with E-state index in [9.17, 15) is 14.7 Å². The van der Waals surface area contributed by atoms with Crippen molar-refractivity contribution >= 4 is 11.9 Å². The Morgan fingerprint density at radius 1 is 1.27 bits per heavy atom. The van der Waals surface area contributed by atoms with Gasteiger partial charge in [-0.3, -0.25) is 4.79 Å². The van der Waals surface area contributed by atoms with Crippen LogP contribution in [0.2, 0.25) is 0 Å². The van der Waals surface area contributed by atoms with Gasteiger partial charge in [-0.25, -0.2) is 4.79 Å². The maximum atomic E-state index is 12.0. The molecule has 0 aromatic rings. The van der Waals surface area contributed by atoms with E-state index in [0.717, 1.165) is 19.3 Å². The van der Waals surface area contributed by atoms with Gasteiger partial charge < -0.3 is 19.9 Å². The maximum Gasteiger partial charge on any atom is 0.330 e. The van der Waals surface area contributed by atoms with E-state index in [-0.39, 0.29) is 25.0 Å². The van der Waals surface area contributed by atoms with Gasteiger partial charge in [0.2, 0.25) is 5.91 Å². The molecular weight excluding hydrogens is 286 g/mol. The molecule has 0 radical (unpaired) electrons. The highest BCUT2D eigenvalue weighted by molar-refractivity contribution is 5.89. The summed E-state index contributed by atoms with van der Waals surface area (Å²) in [4.78, 5) is 23.7. The lowest BCUT2D eigenvalue weighted by Crippen LogP contribution is -2.76. The van der Waals surface area contributed by atoms with Crippen molar-refractivity contribution in [3.05, 3.63) is 0 Å². The summed E-state index contributed by atoms with van der Waals surface area (Å²) in [5.74, 6) is -1.41. The highest BCUT2D eigenvalue weighted by Crippen LogP contribution is 2.51. The van der Waals surface area contributed by atoms with Crippen LogP contribution < -0.4 is 5.32 Å². The van der Waals surface area contributed by atoms with Gasteiger partial charge in [0, 0.05) is 25.0 Å². The molecule has 0 aliphatic heterocycles. The van der Waals surface area contributed by atoms with E-state index < -0.39 is 16.9 Å². The Kier molecular flexibility index (Phi) is 6.81. The minimum Gasteiger partial charge on any atom is -0.479 e. The van der Waals surface area contributed by atoms with Crippen LogP contribution in [0.15, 0.2) is 0 Å². The standard InChI is InChI=1S/C16H29NO5/c1-5-7-8-9-21-11-13(18)17-16(14(19)20)10-12(22-6-2)15(16,3)4/h12H,5-11H2,1-4H3,(H,17,18)(H,19,20). The minimum absolute atomic E-state index is 0.103. The van der Waals surface area contributed by atoms with E-state index in [1.165, 1.54) is 0 Å². The van der Waals surface area contributed by atoms with E-state index in [4.69, 9.17) is 9.47 Å². The van der Waals surface area contributed by atoms with Gasteiger partial charge in [0.1, 0.15) is 12.1 Å². The molecule has 1 aliphatic carbocycles. The molecule has 1 saturated carbocycles. The number of rotatable bonds is 10. The van der Waals surface area contributed by atoms with Crippen molar-refractivity contribution in [2.24, 2.45) is 5.41 Å². The molecule has 1 fully saturated rings. The number of carbonyl (C=O) groups excluding carboxylic acids is 1. The van der Waals surface area contributed by atoms with Gasteiger partial charge in [-0.1, -0.05) is 33.6 Å². The normalized spacial score (nSPS) is 26.3. The van der Waals surface area contributed by atoms with Crippen LogP contribution in [-0.2, 0) is 19.1 Å². The number of aliphatic carboxylic acids is 1. The zero-order chi connectivity index (χ0) is 16.8. The van der Waals surface area contributed by atoms with Crippen LogP contribution in [0.1, 0.15) is 53.4 Å². The Balaban J connectivity index is 2.55. The summed E-state index contributed by atoms with van der Waals surface area (Å²) in [5, 5.41) is 12.2. The molecule has 6 heteroatoms. The second kappa shape index (κ2) is 7.92. The van der Waals surface area contributed by atoms with Crippen LogP contribution in [0, 0.1) is 5.41 Å². The quantitative estimate of drug-likeness (QED) is 0.602. The van der Waals surface area contributed by atoms with Crippen molar-refractivity contribution < 1.29 is 24.2 Å². The predicted octanol–water partition coefficient (Wildman–Crippen LogP) is 1.97. The molecule has 0 bridgehead atoms. The van der Waals surface area contributed by atoms with Gasteiger partial charge in [0.05, 0.1) is 6.10 Å². The fourth-order valence-electron chi connectivity index (χ4n) is 2.93. The van der Waals surface area contributed by atoms with Crippen LogP contribution in [-0.4, -0.2) is 48.4 Å². The summed E-state index contributed by atoms with van der Waals surface area (Å²) in [6.45, 7) is 8.54. The SMILES string of the molecule is CCCCCOCC(=O)NC1(C(=O)O)CC(OCC)C1(C)C. The zero-order valence-corrected chi connectivity index (χ0v) is 14.1. The number of amides is 1. The number of hydrogen-bond acceptors (Lipinski definition) is 4. The van der Waals surface area contributed by atoms with Gasteiger partial charge >= 0.3 is 5.97 Å². The molecule has 1 aliphatic rings. The van der Waals surface area contributed by atoms with E-state index in [2.05, 4.69) is 12.2 Å². The number of nitrogens with one attached hydrogen (secondary N) is 1. The van der Waals surface area contributed by atoms with E-state index in [0.29, 0.717) is 13.2 Å². The molecular formula is C16H29NO5. The number of ether oxygens (including phenoxy) is 2. The van der Waals surface area contributed by atoms with Crippen LogP contribution in [0.4, 0.5) is 0 Å². The Labute approximate surface area is 132 Å². The summed E-state index contributed by atoms with van der Waals surface area (Å²) in [5.41, 5.74) is -1.94. The third-order valence-corrected chi connectivity index (χ3v) is 4.61. The molecule has 2 N–H and O–H groups in total. The smallest absolute Gasteiger partial charge is 0.330 e. The lowest BCUT2D eigenvalue weighted by atomic mass is 9.54. The van der Waals surface area contributed by atoms with Crippen LogP contribution >= 0.6 is 0 Å². The molecule has 0 aromatic heterocycles. The highest BCUT2D eigenvalue weighted by Gasteiger charge is 2.66. The van der Waals surface area contributed by atoms with Crippen molar-refractivity contribution in [1.29, 1.82) is 0 Å². The molecule has 0 aromatic carbocycles. The topological polar surface area (TPSA) is 84.9 Å². The fraction of sp³-hybridized carbons (Fsp3) is 0.875. The van der Waals surface area contributed by atoms with Crippen LogP contribution in [0.3, 0.4) is 0 Å². The lowest BCUT2D eigenvalue weighted by molar-refractivity contribution is -0.195. The largest absolute Gasteiger partial charge is 0.479 e. The number of carbonyl (C=O) groups is 2. The van der Waals surface area contributed by atoms with Gasteiger partial charge in [-0.05, 0) is 13.3 Å². The first-order valence-corrected chi connectivity index (χ1v) is 8.05. The minimum atomic E-state index is -1.28. The molecule has 22 heavy (non-hydrogen) atoms. The molecule has 128 valence electrons. The van der Waals surface area contributed by atoms with Gasteiger partial charge in [0.25, 0.3) is 0 Å². The zero-order valence-electron chi connectivity index (χ0n) is 14.1. The summed E-state index contributed by atoms with van der Waals surface area (Å²) in [6, 6.07) is 0. The molecule has 1 rings (SSSR count). The Morgan fingerprint density at radius 3 is 2.45 bits per heavy atom. The maximum absolute atomic E-state index is 12.0. The van der Waals surface area contributed by atoms with Crippen LogP contribution in [0.5, 0.6) is 0 Å². The van der Waals surface area contributed by atoms with E-state index >= 15 is 0 Å². The Morgan fingerprint density at radius 2 is 1.95 bits per heavy atom. The van der Waals surface area contributed by atoms with E-state index in [1.807, 2.05) is 20.8 Å². The first-order valence-electron chi connectivity index (χ1n) is 8.05. The monoisotopic (exact) mass is 315 g/mol. The van der Waals surface area contributed by atoms with Crippen molar-refractivity contribution in [3.63, 3.8) is 0 Å². The number of unbranched alkanes of at least 4 members (excludes halogenated alkanes) is 2. The van der Waals surface area contributed by atoms with E-state index in [1.54, 1.807) is 0 Å². The number of carboxylic acid groups (broad SMARTS) is 1. The summed E-state index contributed by atoms with van der Waals surface area (Å²) >= 11 is 0.